The minimum Gasteiger partial charge on any atom is -0.497 e. The van der Waals surface area contributed by atoms with Crippen molar-refractivity contribution in [2.45, 2.75) is 17.5 Å². The van der Waals surface area contributed by atoms with E-state index in [1.54, 1.807) is 23.6 Å². The molecule has 1 saturated heterocycles. The second-order valence-electron chi connectivity index (χ2n) is 6.91. The SMILES string of the molecule is COc1ccc(-n2nnnc2SC[C@H]2CN[C@@H](c3ccc(N(C)C)cc3)O2)cc1. The highest BCUT2D eigenvalue weighted by Gasteiger charge is 2.26. The third kappa shape index (κ3) is 4.52. The Hall–Kier alpha value is -2.62. The van der Waals surface area contributed by atoms with E-state index in [-0.39, 0.29) is 12.3 Å². The van der Waals surface area contributed by atoms with Crippen LogP contribution in [0.4, 0.5) is 5.69 Å². The van der Waals surface area contributed by atoms with Gasteiger partial charge >= 0.3 is 0 Å². The number of hydrogen-bond donors (Lipinski definition) is 1. The van der Waals surface area contributed by atoms with Gasteiger partial charge in [0.05, 0.1) is 18.9 Å². The van der Waals surface area contributed by atoms with E-state index in [4.69, 9.17) is 9.47 Å². The first-order valence-electron chi connectivity index (χ1n) is 9.36. The van der Waals surface area contributed by atoms with Crippen LogP contribution in [0, 0.1) is 0 Å². The first kappa shape index (κ1) is 19.7. The van der Waals surface area contributed by atoms with Crippen LogP contribution in [-0.4, -0.2) is 59.8 Å². The van der Waals surface area contributed by atoms with Crippen molar-refractivity contribution in [2.75, 3.05) is 38.4 Å². The number of anilines is 1. The van der Waals surface area contributed by atoms with Gasteiger partial charge in [0.25, 0.3) is 0 Å². The number of thioether (sulfide) groups is 1. The van der Waals surface area contributed by atoms with E-state index in [0.29, 0.717) is 0 Å². The first-order chi connectivity index (χ1) is 14.1. The molecule has 0 saturated carbocycles. The number of tetrazole rings is 1. The summed E-state index contributed by atoms with van der Waals surface area (Å²) < 4.78 is 13.1. The van der Waals surface area contributed by atoms with Gasteiger partial charge in [-0.25, -0.2) is 0 Å². The smallest absolute Gasteiger partial charge is 0.214 e. The lowest BCUT2D eigenvalue weighted by atomic mass is 10.2. The summed E-state index contributed by atoms with van der Waals surface area (Å²) in [5.41, 5.74) is 3.19. The molecule has 1 aromatic heterocycles. The van der Waals surface area contributed by atoms with Crippen LogP contribution >= 0.6 is 11.8 Å². The van der Waals surface area contributed by atoms with Gasteiger partial charge in [0, 0.05) is 32.1 Å². The lowest BCUT2D eigenvalue weighted by Crippen LogP contribution is -2.17. The van der Waals surface area contributed by atoms with Gasteiger partial charge in [-0.3, -0.25) is 5.32 Å². The Labute approximate surface area is 174 Å². The molecule has 1 N–H and O–H groups in total. The van der Waals surface area contributed by atoms with Crippen LogP contribution in [-0.2, 0) is 4.74 Å². The summed E-state index contributed by atoms with van der Waals surface area (Å²) in [6.07, 6.45) is -0.00561. The summed E-state index contributed by atoms with van der Waals surface area (Å²) in [4.78, 5) is 2.08. The zero-order valence-electron chi connectivity index (χ0n) is 16.6. The molecule has 152 valence electrons. The molecule has 1 aliphatic rings. The van der Waals surface area contributed by atoms with Gasteiger partial charge < -0.3 is 14.4 Å². The van der Waals surface area contributed by atoms with Gasteiger partial charge in [-0.15, -0.1) is 5.10 Å². The summed E-state index contributed by atoms with van der Waals surface area (Å²) in [7, 11) is 5.71. The molecule has 0 radical (unpaired) electrons. The van der Waals surface area contributed by atoms with Crippen LogP contribution in [0.2, 0.25) is 0 Å². The van der Waals surface area contributed by atoms with Gasteiger partial charge in [0.2, 0.25) is 5.16 Å². The second kappa shape index (κ2) is 8.81. The quantitative estimate of drug-likeness (QED) is 0.593. The summed E-state index contributed by atoms with van der Waals surface area (Å²) in [6.45, 7) is 0.789. The van der Waals surface area contributed by atoms with Crippen LogP contribution in [0.3, 0.4) is 0 Å². The van der Waals surface area contributed by atoms with Crippen LogP contribution in [0.25, 0.3) is 5.69 Å². The topological polar surface area (TPSA) is 77.3 Å². The highest BCUT2D eigenvalue weighted by molar-refractivity contribution is 7.99. The molecule has 0 spiro atoms. The molecule has 0 amide bonds. The molecule has 0 aliphatic carbocycles. The van der Waals surface area contributed by atoms with Crippen LogP contribution < -0.4 is 15.0 Å². The fraction of sp³-hybridized carbons (Fsp3) is 0.350. The van der Waals surface area contributed by atoms with Crippen molar-refractivity contribution in [3.05, 3.63) is 54.1 Å². The lowest BCUT2D eigenvalue weighted by molar-refractivity contribution is 0.0534. The van der Waals surface area contributed by atoms with Gasteiger partial charge in [0.1, 0.15) is 12.0 Å². The fourth-order valence-corrected chi connectivity index (χ4v) is 3.98. The molecule has 2 atom stereocenters. The number of rotatable bonds is 7. The molecular formula is C20H24N6O2S. The maximum Gasteiger partial charge on any atom is 0.214 e. The van der Waals surface area contributed by atoms with E-state index in [1.807, 2.05) is 38.4 Å². The Kier molecular flexibility index (Phi) is 5.98. The Morgan fingerprint density at radius 2 is 1.93 bits per heavy atom. The minimum absolute atomic E-state index is 0.0829. The largest absolute Gasteiger partial charge is 0.497 e. The fourth-order valence-electron chi connectivity index (χ4n) is 3.09. The van der Waals surface area contributed by atoms with Gasteiger partial charge in [-0.2, -0.15) is 4.68 Å². The third-order valence-electron chi connectivity index (χ3n) is 4.73. The standard InChI is InChI=1S/C20H24N6O2S/c1-25(2)15-6-4-14(5-7-15)19-21-12-18(28-19)13-29-20-22-23-24-26(20)16-8-10-17(27-3)11-9-16/h4-11,18-19,21H,12-13H2,1-3H3/t18-,19-/m1/s1. The number of hydrogen-bond acceptors (Lipinski definition) is 8. The Morgan fingerprint density at radius 1 is 1.17 bits per heavy atom. The number of ether oxygens (including phenoxy) is 2. The van der Waals surface area contributed by atoms with Crippen LogP contribution in [0.5, 0.6) is 5.75 Å². The van der Waals surface area contributed by atoms with Crippen molar-refractivity contribution in [2.24, 2.45) is 0 Å². The number of aromatic nitrogens is 4. The number of methoxy groups -OCH3 is 1. The second-order valence-corrected chi connectivity index (χ2v) is 7.90. The Balaban J connectivity index is 1.35. The first-order valence-corrected chi connectivity index (χ1v) is 10.3. The molecule has 1 fully saturated rings. The molecule has 0 unspecified atom stereocenters. The molecule has 4 rings (SSSR count). The molecule has 3 aromatic rings. The zero-order valence-corrected chi connectivity index (χ0v) is 17.5. The van der Waals surface area contributed by atoms with E-state index in [2.05, 4.69) is 50.0 Å². The van der Waals surface area contributed by atoms with E-state index in [9.17, 15) is 0 Å². The maximum absolute atomic E-state index is 6.18. The maximum atomic E-state index is 6.18. The van der Waals surface area contributed by atoms with Crippen molar-refractivity contribution < 1.29 is 9.47 Å². The van der Waals surface area contributed by atoms with E-state index >= 15 is 0 Å². The van der Waals surface area contributed by atoms with Gasteiger partial charge in [0.15, 0.2) is 0 Å². The van der Waals surface area contributed by atoms with Gasteiger partial charge in [-0.1, -0.05) is 23.9 Å². The third-order valence-corrected chi connectivity index (χ3v) is 5.78. The van der Waals surface area contributed by atoms with Crippen LogP contribution in [0.15, 0.2) is 53.7 Å². The minimum atomic E-state index is -0.0885. The normalized spacial score (nSPS) is 18.7. The number of benzene rings is 2. The molecule has 29 heavy (non-hydrogen) atoms. The summed E-state index contributed by atoms with van der Waals surface area (Å²) >= 11 is 1.58. The van der Waals surface area contributed by atoms with Crippen molar-refractivity contribution in [1.29, 1.82) is 0 Å². The molecule has 2 heterocycles. The van der Waals surface area contributed by atoms with E-state index < -0.39 is 0 Å². The van der Waals surface area contributed by atoms with Crippen LogP contribution in [0.1, 0.15) is 11.8 Å². The van der Waals surface area contributed by atoms with E-state index in [1.165, 1.54) is 5.69 Å². The predicted molar refractivity (Wildman–Crippen MR) is 113 cm³/mol. The Morgan fingerprint density at radius 3 is 2.62 bits per heavy atom. The lowest BCUT2D eigenvalue weighted by Gasteiger charge is -2.16. The molecule has 9 heteroatoms. The molecular weight excluding hydrogens is 388 g/mol. The molecule has 1 aliphatic heterocycles. The van der Waals surface area contributed by atoms with Gasteiger partial charge in [-0.05, 0) is 52.4 Å². The Bertz CT molecular complexity index is 929. The van der Waals surface area contributed by atoms with Crippen molar-refractivity contribution in [3.8, 4) is 11.4 Å². The van der Waals surface area contributed by atoms with Crippen molar-refractivity contribution in [3.63, 3.8) is 0 Å². The van der Waals surface area contributed by atoms with Crippen molar-refractivity contribution >= 4 is 17.4 Å². The van der Waals surface area contributed by atoms with Crippen molar-refractivity contribution in [1.82, 2.24) is 25.5 Å². The zero-order chi connectivity index (χ0) is 20.2. The number of nitrogens with zero attached hydrogens (tertiary/aromatic N) is 5. The summed E-state index contributed by atoms with van der Waals surface area (Å²) in [6, 6.07) is 16.1. The molecule has 2 aromatic carbocycles. The number of nitrogens with one attached hydrogen (secondary N) is 1. The molecule has 8 nitrogen and oxygen atoms in total. The monoisotopic (exact) mass is 412 g/mol. The highest BCUT2D eigenvalue weighted by Crippen LogP contribution is 2.27. The molecule has 0 bridgehead atoms. The summed E-state index contributed by atoms with van der Waals surface area (Å²) in [5.74, 6) is 1.56. The van der Waals surface area contributed by atoms with E-state index in [0.717, 1.165) is 34.5 Å². The average molecular weight is 413 g/mol. The predicted octanol–water partition coefficient (Wildman–Crippen LogP) is 2.52. The highest BCUT2D eigenvalue weighted by atomic mass is 32.2. The average Bonchev–Trinajstić information content (AvgIpc) is 3.42. The summed E-state index contributed by atoms with van der Waals surface area (Å²) in [5, 5.41) is 16.3.